The van der Waals surface area contributed by atoms with E-state index in [9.17, 15) is 14.4 Å². The van der Waals surface area contributed by atoms with Crippen LogP contribution < -0.4 is 0 Å². The summed E-state index contributed by atoms with van der Waals surface area (Å²) in [5.74, 6) is -0.882. The van der Waals surface area contributed by atoms with Crippen LogP contribution >= 0.6 is 0 Å². The maximum Gasteiger partial charge on any atom is 0.306 e. The van der Waals surface area contributed by atoms with Crippen LogP contribution in [0.5, 0.6) is 0 Å². The molecule has 0 bridgehead atoms. The number of carbonyl (C=O) groups is 3. The van der Waals surface area contributed by atoms with Crippen molar-refractivity contribution in [3.05, 3.63) is 48.6 Å². The third-order valence-electron chi connectivity index (χ3n) is 12.1. The largest absolute Gasteiger partial charge is 0.462 e. The molecule has 0 saturated carbocycles. The predicted octanol–water partition coefficient (Wildman–Crippen LogP) is 18.3. The number of unbranched alkanes of at least 4 members (excludes halogenated alkanes) is 31. The maximum absolute atomic E-state index is 12.8. The quantitative estimate of drug-likeness (QED) is 0.0262. The SMILES string of the molecule is CCCCC/C=C\C/C=C\CCCCCCCCCC(=O)OC[C@@H](COC(=O)CCCCCCCCCCCCCC)OC(=O)CCCCCCCCC/C=C\C/C=C\CCCCC. The highest BCUT2D eigenvalue weighted by Gasteiger charge is 2.19. The lowest BCUT2D eigenvalue weighted by atomic mass is 10.0. The molecule has 0 N–H and O–H groups in total. The lowest BCUT2D eigenvalue weighted by Gasteiger charge is -2.18. The van der Waals surface area contributed by atoms with Gasteiger partial charge >= 0.3 is 17.9 Å². The van der Waals surface area contributed by atoms with Crippen molar-refractivity contribution in [2.24, 2.45) is 0 Å². The first-order valence-electron chi connectivity index (χ1n) is 27.6. The molecular formula is C58H104O6. The molecular weight excluding hydrogens is 793 g/mol. The molecule has 0 saturated heterocycles. The molecule has 0 unspecified atom stereocenters. The van der Waals surface area contributed by atoms with E-state index in [1.165, 1.54) is 161 Å². The Morgan fingerprint density at radius 1 is 0.312 bits per heavy atom. The van der Waals surface area contributed by atoms with Gasteiger partial charge in [-0.05, 0) is 83.5 Å². The topological polar surface area (TPSA) is 78.9 Å². The standard InChI is InChI=1S/C58H104O6/c1-4-7-10-13-16-19-22-25-27-29-31-33-36-39-42-45-48-51-57(60)63-54-55(53-62-56(59)50-47-44-41-38-35-24-21-18-15-12-9-6-3)64-58(61)52-49-46-43-40-37-34-32-30-28-26-23-20-17-14-11-8-5-2/h16-17,19-20,25-28,55H,4-15,18,21-24,29-54H2,1-3H3/b19-16-,20-17-,27-25-,28-26-/t55-/m1/s1. The number of hydrogen-bond acceptors (Lipinski definition) is 6. The summed E-state index contributed by atoms with van der Waals surface area (Å²) in [7, 11) is 0. The normalized spacial score (nSPS) is 12.4. The fourth-order valence-electron chi connectivity index (χ4n) is 7.86. The summed E-state index contributed by atoms with van der Waals surface area (Å²) in [5, 5.41) is 0. The van der Waals surface area contributed by atoms with Crippen molar-refractivity contribution < 1.29 is 28.6 Å². The Bertz CT molecular complexity index is 1120. The van der Waals surface area contributed by atoms with Crippen molar-refractivity contribution in [1.29, 1.82) is 0 Å². The summed E-state index contributed by atoms with van der Waals surface area (Å²) in [6, 6.07) is 0. The van der Waals surface area contributed by atoms with E-state index < -0.39 is 6.10 Å². The smallest absolute Gasteiger partial charge is 0.306 e. The van der Waals surface area contributed by atoms with Crippen LogP contribution in [0.2, 0.25) is 0 Å². The lowest BCUT2D eigenvalue weighted by Crippen LogP contribution is -2.30. The van der Waals surface area contributed by atoms with Crippen molar-refractivity contribution in [3.63, 3.8) is 0 Å². The average Bonchev–Trinajstić information content (AvgIpc) is 3.29. The Hall–Kier alpha value is -2.63. The van der Waals surface area contributed by atoms with E-state index in [0.29, 0.717) is 19.3 Å². The van der Waals surface area contributed by atoms with E-state index in [-0.39, 0.29) is 31.1 Å². The Labute approximate surface area is 397 Å². The third kappa shape index (κ3) is 50.4. The van der Waals surface area contributed by atoms with Gasteiger partial charge in [-0.2, -0.15) is 0 Å². The van der Waals surface area contributed by atoms with Crippen LogP contribution in [-0.4, -0.2) is 37.2 Å². The van der Waals surface area contributed by atoms with Gasteiger partial charge in [-0.3, -0.25) is 14.4 Å². The fraction of sp³-hybridized carbons (Fsp3) is 0.810. The van der Waals surface area contributed by atoms with Crippen molar-refractivity contribution in [2.75, 3.05) is 13.2 Å². The van der Waals surface area contributed by atoms with Crippen molar-refractivity contribution in [1.82, 2.24) is 0 Å². The van der Waals surface area contributed by atoms with E-state index in [1.807, 2.05) is 0 Å². The molecule has 0 rings (SSSR count). The Morgan fingerprint density at radius 2 is 0.562 bits per heavy atom. The summed E-state index contributed by atoms with van der Waals surface area (Å²) in [6.07, 6.45) is 63.7. The molecule has 0 spiro atoms. The molecule has 0 aliphatic rings. The molecule has 6 nitrogen and oxygen atoms in total. The first kappa shape index (κ1) is 61.4. The van der Waals surface area contributed by atoms with Crippen LogP contribution in [0.1, 0.15) is 284 Å². The number of rotatable bonds is 50. The van der Waals surface area contributed by atoms with E-state index in [1.54, 1.807) is 0 Å². The number of carbonyl (C=O) groups excluding carboxylic acids is 3. The van der Waals surface area contributed by atoms with Gasteiger partial charge in [0.15, 0.2) is 6.10 Å². The highest BCUT2D eigenvalue weighted by molar-refractivity contribution is 5.71. The first-order valence-corrected chi connectivity index (χ1v) is 27.6. The Balaban J connectivity index is 4.37. The van der Waals surface area contributed by atoms with Gasteiger partial charge < -0.3 is 14.2 Å². The van der Waals surface area contributed by atoms with Crippen LogP contribution in [0.3, 0.4) is 0 Å². The fourth-order valence-corrected chi connectivity index (χ4v) is 7.86. The molecule has 6 heteroatoms. The summed E-state index contributed by atoms with van der Waals surface area (Å²) < 4.78 is 16.8. The second-order valence-electron chi connectivity index (χ2n) is 18.5. The van der Waals surface area contributed by atoms with Crippen LogP contribution in [0, 0.1) is 0 Å². The molecule has 64 heavy (non-hydrogen) atoms. The number of ether oxygens (including phenoxy) is 3. The minimum absolute atomic E-state index is 0.0764. The molecule has 372 valence electrons. The van der Waals surface area contributed by atoms with Crippen LogP contribution in [0.15, 0.2) is 48.6 Å². The minimum Gasteiger partial charge on any atom is -0.462 e. The van der Waals surface area contributed by atoms with Crippen LogP contribution in [0.4, 0.5) is 0 Å². The molecule has 0 aromatic rings. The summed E-state index contributed by atoms with van der Waals surface area (Å²) in [4.78, 5) is 38.1. The van der Waals surface area contributed by atoms with E-state index >= 15 is 0 Å². The Kier molecular flexibility index (Phi) is 50.8. The first-order chi connectivity index (χ1) is 31.5. The maximum atomic E-state index is 12.8. The average molecular weight is 897 g/mol. The number of esters is 3. The summed E-state index contributed by atoms with van der Waals surface area (Å²) in [6.45, 7) is 6.60. The zero-order chi connectivity index (χ0) is 46.5. The van der Waals surface area contributed by atoms with E-state index in [0.717, 1.165) is 83.5 Å². The number of hydrogen-bond donors (Lipinski definition) is 0. The second-order valence-corrected chi connectivity index (χ2v) is 18.5. The number of allylic oxidation sites excluding steroid dienone is 8. The predicted molar refractivity (Wildman–Crippen MR) is 275 cm³/mol. The Morgan fingerprint density at radius 3 is 0.891 bits per heavy atom. The molecule has 0 aromatic carbocycles. The van der Waals surface area contributed by atoms with Gasteiger partial charge in [0.2, 0.25) is 0 Å². The van der Waals surface area contributed by atoms with Gasteiger partial charge in [-0.25, -0.2) is 0 Å². The molecule has 0 aliphatic carbocycles. The monoisotopic (exact) mass is 897 g/mol. The van der Waals surface area contributed by atoms with Crippen molar-refractivity contribution in [2.45, 2.75) is 290 Å². The molecule has 0 aliphatic heterocycles. The zero-order valence-electron chi connectivity index (χ0n) is 42.6. The molecule has 0 fully saturated rings. The van der Waals surface area contributed by atoms with E-state index in [4.69, 9.17) is 14.2 Å². The van der Waals surface area contributed by atoms with Crippen LogP contribution in [-0.2, 0) is 28.6 Å². The zero-order valence-corrected chi connectivity index (χ0v) is 42.6. The second kappa shape index (κ2) is 53.0. The molecule has 0 aromatic heterocycles. The van der Waals surface area contributed by atoms with Gasteiger partial charge in [0.1, 0.15) is 13.2 Å². The van der Waals surface area contributed by atoms with Gasteiger partial charge in [-0.1, -0.05) is 230 Å². The van der Waals surface area contributed by atoms with Crippen LogP contribution in [0.25, 0.3) is 0 Å². The molecule has 0 heterocycles. The highest BCUT2D eigenvalue weighted by atomic mass is 16.6. The van der Waals surface area contributed by atoms with Gasteiger partial charge in [0.25, 0.3) is 0 Å². The van der Waals surface area contributed by atoms with Gasteiger partial charge in [0, 0.05) is 19.3 Å². The van der Waals surface area contributed by atoms with E-state index in [2.05, 4.69) is 69.4 Å². The lowest BCUT2D eigenvalue weighted by molar-refractivity contribution is -0.167. The van der Waals surface area contributed by atoms with Crippen molar-refractivity contribution in [3.8, 4) is 0 Å². The summed E-state index contributed by atoms with van der Waals surface area (Å²) >= 11 is 0. The summed E-state index contributed by atoms with van der Waals surface area (Å²) in [5.41, 5.74) is 0. The minimum atomic E-state index is -0.778. The third-order valence-corrected chi connectivity index (χ3v) is 12.1. The highest BCUT2D eigenvalue weighted by Crippen LogP contribution is 2.15. The molecule has 0 amide bonds. The molecule has 1 atom stereocenters. The van der Waals surface area contributed by atoms with Crippen molar-refractivity contribution >= 4 is 17.9 Å². The van der Waals surface area contributed by atoms with Gasteiger partial charge in [-0.15, -0.1) is 0 Å². The van der Waals surface area contributed by atoms with Gasteiger partial charge in [0.05, 0.1) is 0 Å². The molecule has 0 radical (unpaired) electrons.